The molecule has 0 amide bonds. The quantitative estimate of drug-likeness (QED) is 0.146. The molecular weight excluding hydrogens is 743 g/mol. The maximum Gasteiger partial charge on any atom is 0.181 e. The average Bonchev–Trinajstić information content (AvgIpc) is 3.91. The fourth-order valence-corrected chi connectivity index (χ4v) is 7.80. The fraction of sp³-hybridized carbons (Fsp3) is 0.458. The highest BCUT2D eigenvalue weighted by Gasteiger charge is 2.25. The summed E-state index contributed by atoms with van der Waals surface area (Å²) in [6, 6.07) is 23.2. The third kappa shape index (κ3) is 13.3. The molecule has 5 aromatic rings. The number of H-pyrrole nitrogens is 2. The Bertz CT molecular complexity index is 2050. The predicted octanol–water partition coefficient (Wildman–Crippen LogP) is 10.9. The zero-order chi connectivity index (χ0) is 40.9. The summed E-state index contributed by atoms with van der Waals surface area (Å²) in [6.45, 7) is 17.5. The van der Waals surface area contributed by atoms with Gasteiger partial charge in [-0.15, -0.1) is 0 Å². The lowest BCUT2D eigenvalue weighted by molar-refractivity contribution is 0.211. The molecule has 58 heavy (non-hydrogen) atoms. The molecule has 3 aromatic carbocycles. The summed E-state index contributed by atoms with van der Waals surface area (Å²) in [7, 11) is 0. The van der Waals surface area contributed by atoms with E-state index in [1.807, 2.05) is 30.3 Å². The number of aryl methyl sites for hydroxylation is 1. The van der Waals surface area contributed by atoms with Crippen molar-refractivity contribution >= 4 is 11.6 Å². The molecule has 1 aliphatic carbocycles. The second-order valence-corrected chi connectivity index (χ2v) is 17.3. The third-order valence-electron chi connectivity index (χ3n) is 11.1. The van der Waals surface area contributed by atoms with E-state index in [-0.39, 0.29) is 5.82 Å². The Morgan fingerprint density at radius 2 is 1.48 bits per heavy atom. The summed E-state index contributed by atoms with van der Waals surface area (Å²) >= 11 is 5.96. The number of hydrogen-bond acceptors (Lipinski definition) is 6. The first-order chi connectivity index (χ1) is 28.1. The topological polar surface area (TPSA) is 89.6 Å². The Balaban J connectivity index is 0.000000179. The van der Waals surface area contributed by atoms with Crippen LogP contribution in [0.25, 0.3) is 11.4 Å². The van der Waals surface area contributed by atoms with Crippen LogP contribution in [0.3, 0.4) is 0 Å². The number of likely N-dealkylation sites (tertiary alicyclic amines) is 2. The van der Waals surface area contributed by atoms with Crippen LogP contribution in [0.4, 0.5) is 4.39 Å². The lowest BCUT2D eigenvalue weighted by Crippen LogP contribution is -2.34. The molecule has 0 unspecified atom stereocenters. The molecule has 0 radical (unpaired) electrons. The lowest BCUT2D eigenvalue weighted by Gasteiger charge is -2.31. The maximum atomic E-state index is 13.3. The smallest absolute Gasteiger partial charge is 0.181 e. The Labute approximate surface area is 350 Å². The van der Waals surface area contributed by atoms with Gasteiger partial charge < -0.3 is 4.90 Å². The van der Waals surface area contributed by atoms with Crippen molar-refractivity contribution in [1.29, 1.82) is 0 Å². The van der Waals surface area contributed by atoms with Gasteiger partial charge in [-0.1, -0.05) is 92.1 Å². The second-order valence-electron chi connectivity index (χ2n) is 16.9. The molecule has 2 fully saturated rings. The number of hydrogen-bond donors (Lipinski definition) is 2. The number of halogens is 2. The molecule has 3 aliphatic rings. The largest absolute Gasteiger partial charge is 0.303 e. The van der Waals surface area contributed by atoms with Gasteiger partial charge in [0.05, 0.1) is 0 Å². The summed E-state index contributed by atoms with van der Waals surface area (Å²) in [5.41, 5.74) is 7.69. The lowest BCUT2D eigenvalue weighted by atomic mass is 9.94. The normalized spacial score (nSPS) is 16.9. The van der Waals surface area contributed by atoms with Crippen LogP contribution in [0, 0.1) is 18.7 Å². The van der Waals surface area contributed by atoms with Crippen molar-refractivity contribution in [3.63, 3.8) is 0 Å². The Morgan fingerprint density at radius 3 is 2.17 bits per heavy atom. The number of aromatic amines is 2. The van der Waals surface area contributed by atoms with Crippen molar-refractivity contribution in [1.82, 2.24) is 40.2 Å². The van der Waals surface area contributed by atoms with Gasteiger partial charge in [-0.2, -0.15) is 10.2 Å². The van der Waals surface area contributed by atoms with Gasteiger partial charge in [-0.05, 0) is 144 Å². The Morgan fingerprint density at radius 1 is 0.793 bits per heavy atom. The van der Waals surface area contributed by atoms with Crippen molar-refractivity contribution in [2.45, 2.75) is 97.8 Å². The van der Waals surface area contributed by atoms with Crippen LogP contribution in [-0.4, -0.2) is 79.4 Å². The molecule has 2 N–H and O–H groups in total. The van der Waals surface area contributed by atoms with Crippen molar-refractivity contribution < 1.29 is 4.39 Å². The number of nitrogens with one attached hydrogen (secondary N) is 2. The van der Waals surface area contributed by atoms with Crippen LogP contribution in [0.2, 0.25) is 5.02 Å². The van der Waals surface area contributed by atoms with Crippen molar-refractivity contribution in [2.24, 2.45) is 5.92 Å². The van der Waals surface area contributed by atoms with E-state index in [4.69, 9.17) is 16.6 Å². The molecule has 0 spiro atoms. The molecule has 8 rings (SSSR count). The van der Waals surface area contributed by atoms with Crippen molar-refractivity contribution in [3.05, 3.63) is 141 Å². The summed E-state index contributed by atoms with van der Waals surface area (Å²) in [5, 5.41) is 15.8. The van der Waals surface area contributed by atoms with Gasteiger partial charge in [-0.3, -0.25) is 15.1 Å². The van der Waals surface area contributed by atoms with E-state index < -0.39 is 0 Å². The Kier molecular flexibility index (Phi) is 16.0. The van der Waals surface area contributed by atoms with Crippen LogP contribution in [-0.2, 0) is 12.8 Å². The first-order valence-electron chi connectivity index (χ1n) is 21.3. The van der Waals surface area contributed by atoms with E-state index in [2.05, 4.69) is 106 Å². The van der Waals surface area contributed by atoms with E-state index in [0.29, 0.717) is 18.3 Å². The summed E-state index contributed by atoms with van der Waals surface area (Å²) in [6.07, 6.45) is 13.1. The molecular formula is C48H62ClFN8. The molecule has 308 valence electrons. The number of rotatable bonds is 10. The number of aromatic nitrogens is 6. The summed E-state index contributed by atoms with van der Waals surface area (Å²) < 4.78 is 13.3. The van der Waals surface area contributed by atoms with Crippen LogP contribution < -0.4 is 0 Å². The predicted molar refractivity (Wildman–Crippen MR) is 236 cm³/mol. The highest BCUT2D eigenvalue weighted by molar-refractivity contribution is 6.30. The Hall–Kier alpha value is -4.44. The van der Waals surface area contributed by atoms with Crippen LogP contribution in [0.1, 0.15) is 112 Å². The fourth-order valence-electron chi connectivity index (χ4n) is 7.67. The zero-order valence-electron chi connectivity index (χ0n) is 35.2. The highest BCUT2D eigenvalue weighted by atomic mass is 35.5. The minimum absolute atomic E-state index is 0.210. The van der Waals surface area contributed by atoms with Crippen LogP contribution >= 0.6 is 11.6 Å². The minimum Gasteiger partial charge on any atom is -0.303 e. The molecule has 8 nitrogen and oxygen atoms in total. The average molecular weight is 806 g/mol. The van der Waals surface area contributed by atoms with E-state index >= 15 is 0 Å². The van der Waals surface area contributed by atoms with Crippen molar-refractivity contribution in [3.8, 4) is 11.4 Å². The molecule has 0 atom stereocenters. The molecule has 0 bridgehead atoms. The van der Waals surface area contributed by atoms with E-state index in [1.165, 1.54) is 41.2 Å². The molecule has 0 saturated carbocycles. The molecule has 4 heterocycles. The molecule has 2 aromatic heterocycles. The van der Waals surface area contributed by atoms with Crippen LogP contribution in [0.15, 0.2) is 96.1 Å². The molecule has 2 saturated heterocycles. The number of benzene rings is 3. The van der Waals surface area contributed by atoms with Gasteiger partial charge in [-0.25, -0.2) is 14.4 Å². The summed E-state index contributed by atoms with van der Waals surface area (Å²) in [4.78, 5) is 14.5. The maximum absolute atomic E-state index is 13.3. The number of allylic oxidation sites excluding steroid dienone is 2. The van der Waals surface area contributed by atoms with Gasteiger partial charge in [0.15, 0.2) is 11.6 Å². The van der Waals surface area contributed by atoms with Gasteiger partial charge in [0, 0.05) is 41.9 Å². The minimum atomic E-state index is -0.210. The zero-order valence-corrected chi connectivity index (χ0v) is 35.9. The monoisotopic (exact) mass is 804 g/mol. The van der Waals surface area contributed by atoms with Crippen LogP contribution in [0.5, 0.6) is 0 Å². The second kappa shape index (κ2) is 21.5. The molecule has 10 heteroatoms. The van der Waals surface area contributed by atoms with E-state index in [1.54, 1.807) is 12.1 Å². The van der Waals surface area contributed by atoms with Gasteiger partial charge >= 0.3 is 0 Å². The number of piperidine rings is 2. The first kappa shape index (κ1) is 43.1. The molecule has 2 aliphatic heterocycles. The van der Waals surface area contributed by atoms with Gasteiger partial charge in [0.25, 0.3) is 0 Å². The number of nitrogens with zero attached hydrogens (tertiary/aromatic N) is 6. The SMILES string of the molecule is CC(C)C.CC1=C(CN2CCC(c3n[nH]c(Cc4cccc(F)c4)n3)CC2)C=CCC1.Cc1ccc(CCN2CCC(c3nc(-c4ccc(Cl)cc4)n[nH]3)CC2)cc1. The van der Waals surface area contributed by atoms with E-state index in [9.17, 15) is 4.39 Å². The standard InChI is InChI=1S/C22H25ClN4.C22H27FN4.C4H10/c1-16-2-4-17(5-3-16)10-13-27-14-11-19(12-15-27)22-24-21(25-26-22)18-6-8-20(23)9-7-18;1-16-5-2-3-7-19(16)15-27-11-9-18(10-12-27)22-24-21(25-26-22)14-17-6-4-8-20(23)13-17;1-4(2)3/h2-9,19H,10-15H2,1H3,(H,24,25,26);3-4,6-8,13,18H,2,5,9-12,14-15H2,1H3,(H,24,25,26);4H,1-3H3. The highest BCUT2D eigenvalue weighted by Crippen LogP contribution is 2.29. The summed E-state index contributed by atoms with van der Waals surface area (Å²) in [5.74, 6) is 4.99. The van der Waals surface area contributed by atoms with Gasteiger partial charge in [0.2, 0.25) is 0 Å². The third-order valence-corrected chi connectivity index (χ3v) is 11.4. The van der Waals surface area contributed by atoms with Crippen molar-refractivity contribution in [2.75, 3.05) is 39.3 Å². The first-order valence-corrected chi connectivity index (χ1v) is 21.6. The van der Waals surface area contributed by atoms with E-state index in [0.717, 1.165) is 117 Å². The van der Waals surface area contributed by atoms with Gasteiger partial charge in [0.1, 0.15) is 17.5 Å².